The summed E-state index contributed by atoms with van der Waals surface area (Å²) in [6.07, 6.45) is 12.2. The van der Waals surface area contributed by atoms with Gasteiger partial charge in [-0.25, -0.2) is 4.99 Å². The van der Waals surface area contributed by atoms with Crippen LogP contribution in [-0.4, -0.2) is 18.4 Å². The van der Waals surface area contributed by atoms with E-state index in [0.717, 1.165) is 22.3 Å². The van der Waals surface area contributed by atoms with Gasteiger partial charge in [-0.15, -0.1) is 0 Å². The fourth-order valence-corrected chi connectivity index (χ4v) is 3.09. The van der Waals surface area contributed by atoms with Gasteiger partial charge in [0.05, 0.1) is 5.69 Å². The first kappa shape index (κ1) is 17.4. The number of anilines is 1. The Morgan fingerprint density at radius 3 is 2.50 bits per heavy atom. The SMILES string of the molecule is C=C/C=C\C1=C(C=C)C(C=C)=C(/N=C\C=C)N2B1Oc1ccc(O)cc12. The minimum Gasteiger partial charge on any atom is -0.536 e. The summed E-state index contributed by atoms with van der Waals surface area (Å²) < 4.78 is 6.17. The molecule has 0 amide bonds. The van der Waals surface area contributed by atoms with Crippen molar-refractivity contribution < 1.29 is 9.76 Å². The Bertz CT molecular complexity index is 922. The summed E-state index contributed by atoms with van der Waals surface area (Å²) >= 11 is 0. The highest BCUT2D eigenvalue weighted by molar-refractivity contribution is 6.69. The molecule has 128 valence electrons. The van der Waals surface area contributed by atoms with E-state index in [4.69, 9.17) is 4.65 Å². The van der Waals surface area contributed by atoms with Gasteiger partial charge in [0.1, 0.15) is 17.3 Å². The van der Waals surface area contributed by atoms with E-state index < -0.39 is 7.05 Å². The Labute approximate surface area is 154 Å². The Morgan fingerprint density at radius 1 is 1.08 bits per heavy atom. The van der Waals surface area contributed by atoms with Gasteiger partial charge in [-0.05, 0) is 23.2 Å². The van der Waals surface area contributed by atoms with Crippen LogP contribution in [0.25, 0.3) is 0 Å². The molecule has 3 rings (SSSR count). The Kier molecular flexibility index (Phi) is 4.80. The summed E-state index contributed by atoms with van der Waals surface area (Å²) in [5.74, 6) is 1.47. The van der Waals surface area contributed by atoms with Crippen molar-refractivity contribution in [1.82, 2.24) is 0 Å². The lowest BCUT2D eigenvalue weighted by atomic mass is 9.64. The van der Waals surface area contributed by atoms with Crippen LogP contribution in [0, 0.1) is 0 Å². The molecule has 0 radical (unpaired) electrons. The Hall–Kier alpha value is -3.47. The highest BCUT2D eigenvalue weighted by atomic mass is 16.5. The van der Waals surface area contributed by atoms with E-state index in [9.17, 15) is 5.11 Å². The topological polar surface area (TPSA) is 45.1 Å². The number of allylic oxidation sites excluding steroid dienone is 9. The van der Waals surface area contributed by atoms with Gasteiger partial charge < -0.3 is 14.6 Å². The molecule has 0 aromatic heterocycles. The second kappa shape index (κ2) is 7.19. The van der Waals surface area contributed by atoms with Crippen molar-refractivity contribution in [3.63, 3.8) is 0 Å². The number of hydrogen-bond donors (Lipinski definition) is 1. The van der Waals surface area contributed by atoms with Gasteiger partial charge in [-0.2, -0.15) is 0 Å². The van der Waals surface area contributed by atoms with Crippen molar-refractivity contribution in [3.8, 4) is 11.5 Å². The van der Waals surface area contributed by atoms with Crippen molar-refractivity contribution in [2.45, 2.75) is 0 Å². The smallest absolute Gasteiger partial charge is 0.526 e. The maximum Gasteiger partial charge on any atom is 0.526 e. The second-order valence-corrected chi connectivity index (χ2v) is 5.62. The van der Waals surface area contributed by atoms with Crippen LogP contribution in [0.4, 0.5) is 5.69 Å². The van der Waals surface area contributed by atoms with Crippen molar-refractivity contribution in [2.75, 3.05) is 4.81 Å². The normalized spacial score (nSPS) is 16.0. The summed E-state index contributed by atoms with van der Waals surface area (Å²) in [6.45, 7) is 15.3. The molecule has 2 aliphatic rings. The highest BCUT2D eigenvalue weighted by Gasteiger charge is 2.46. The van der Waals surface area contributed by atoms with E-state index in [1.165, 1.54) is 0 Å². The quantitative estimate of drug-likeness (QED) is 0.470. The van der Waals surface area contributed by atoms with E-state index in [1.807, 2.05) is 17.0 Å². The third kappa shape index (κ3) is 2.73. The zero-order valence-corrected chi connectivity index (χ0v) is 14.4. The molecule has 0 saturated carbocycles. The fourth-order valence-electron chi connectivity index (χ4n) is 3.09. The number of fused-ring (bicyclic) bond motifs is 3. The van der Waals surface area contributed by atoms with Crippen LogP contribution in [0.5, 0.6) is 11.5 Å². The monoisotopic (exact) mass is 342 g/mol. The standard InChI is InChI=1S/C21H19BN2O2/c1-5-9-10-18-16(7-3)17(8-4)21(23-13-6-2)24-19-14-15(25)11-12-20(19)26-22(18)24/h5-14,25H,1-4H2/b10-9-,23-13-. The first-order chi connectivity index (χ1) is 12.7. The van der Waals surface area contributed by atoms with Gasteiger partial charge in [-0.3, -0.25) is 0 Å². The van der Waals surface area contributed by atoms with Crippen molar-refractivity contribution >= 4 is 19.0 Å². The van der Waals surface area contributed by atoms with Gasteiger partial charge in [0.2, 0.25) is 0 Å². The predicted molar refractivity (Wildman–Crippen MR) is 109 cm³/mol. The molecule has 0 atom stereocenters. The Morgan fingerprint density at radius 2 is 1.85 bits per heavy atom. The van der Waals surface area contributed by atoms with Crippen molar-refractivity contribution in [2.24, 2.45) is 4.99 Å². The maximum absolute atomic E-state index is 9.95. The molecule has 2 aliphatic heterocycles. The lowest BCUT2D eigenvalue weighted by Crippen LogP contribution is -2.44. The minimum absolute atomic E-state index is 0.155. The predicted octanol–water partition coefficient (Wildman–Crippen LogP) is 4.51. The summed E-state index contributed by atoms with van der Waals surface area (Å²) in [7, 11) is -0.434. The van der Waals surface area contributed by atoms with Crippen molar-refractivity contribution in [3.05, 3.63) is 103 Å². The van der Waals surface area contributed by atoms with E-state index in [1.54, 1.807) is 48.7 Å². The van der Waals surface area contributed by atoms with Crippen LogP contribution in [0.3, 0.4) is 0 Å². The molecule has 0 unspecified atom stereocenters. The highest BCUT2D eigenvalue weighted by Crippen LogP contribution is 2.46. The van der Waals surface area contributed by atoms with Gasteiger partial charge in [0, 0.05) is 17.9 Å². The number of phenols is 1. The van der Waals surface area contributed by atoms with Gasteiger partial charge in [-0.1, -0.05) is 62.8 Å². The molecule has 1 N–H and O–H groups in total. The molecule has 0 saturated heterocycles. The second-order valence-electron chi connectivity index (χ2n) is 5.62. The maximum atomic E-state index is 9.95. The van der Waals surface area contributed by atoms with E-state index >= 15 is 0 Å². The molecular formula is C21H19BN2O2. The summed E-state index contributed by atoms with van der Waals surface area (Å²) in [4.78, 5) is 6.47. The lowest BCUT2D eigenvalue weighted by molar-refractivity contribution is 0.474. The summed E-state index contributed by atoms with van der Waals surface area (Å²) in [5.41, 5.74) is 3.34. The minimum atomic E-state index is -0.434. The average molecular weight is 342 g/mol. The van der Waals surface area contributed by atoms with Crippen LogP contribution in [0.2, 0.25) is 0 Å². The zero-order chi connectivity index (χ0) is 18.7. The number of hydrogen-bond acceptors (Lipinski definition) is 4. The van der Waals surface area contributed by atoms with E-state index in [-0.39, 0.29) is 5.75 Å². The molecule has 1 aromatic carbocycles. The zero-order valence-electron chi connectivity index (χ0n) is 14.4. The van der Waals surface area contributed by atoms with Gasteiger partial charge in [0.25, 0.3) is 0 Å². The molecule has 4 nitrogen and oxygen atoms in total. The number of benzene rings is 1. The summed E-state index contributed by atoms with van der Waals surface area (Å²) in [6, 6.07) is 5.00. The molecule has 26 heavy (non-hydrogen) atoms. The molecule has 0 fully saturated rings. The number of phenolic OH excluding ortho intramolecular Hbond substituents is 1. The van der Waals surface area contributed by atoms with Crippen LogP contribution >= 0.6 is 0 Å². The van der Waals surface area contributed by atoms with Crippen LogP contribution in [0.15, 0.2) is 108 Å². The third-order valence-corrected chi connectivity index (χ3v) is 4.13. The molecule has 2 heterocycles. The Balaban J connectivity index is 2.32. The first-order valence-corrected chi connectivity index (χ1v) is 8.13. The number of aromatic hydroxyl groups is 1. The summed E-state index contributed by atoms with van der Waals surface area (Å²) in [5, 5.41) is 9.95. The van der Waals surface area contributed by atoms with Crippen LogP contribution in [-0.2, 0) is 0 Å². The van der Waals surface area contributed by atoms with Crippen LogP contribution < -0.4 is 9.47 Å². The van der Waals surface area contributed by atoms with E-state index in [0.29, 0.717) is 11.6 Å². The first-order valence-electron chi connectivity index (χ1n) is 8.13. The molecule has 5 heteroatoms. The fraction of sp³-hybridized carbons (Fsp3) is 0. The molecular weight excluding hydrogens is 323 g/mol. The van der Waals surface area contributed by atoms with Crippen molar-refractivity contribution in [1.29, 1.82) is 0 Å². The number of rotatable bonds is 6. The molecule has 0 bridgehead atoms. The molecule has 1 aromatic rings. The number of aliphatic imine (C=N–C) groups is 1. The molecule has 0 spiro atoms. The third-order valence-electron chi connectivity index (χ3n) is 4.13. The lowest BCUT2D eigenvalue weighted by Gasteiger charge is -2.30. The average Bonchev–Trinajstić information content (AvgIpc) is 3.02. The van der Waals surface area contributed by atoms with E-state index in [2.05, 4.69) is 31.3 Å². The van der Waals surface area contributed by atoms with Crippen LogP contribution in [0.1, 0.15) is 0 Å². The largest absolute Gasteiger partial charge is 0.536 e. The van der Waals surface area contributed by atoms with Gasteiger partial charge >= 0.3 is 7.05 Å². The van der Waals surface area contributed by atoms with Gasteiger partial charge in [0.15, 0.2) is 0 Å². The molecule has 0 aliphatic carbocycles. The number of nitrogens with zero attached hydrogens (tertiary/aromatic N) is 2.